The highest BCUT2D eigenvalue weighted by atomic mass is 16.5. The van der Waals surface area contributed by atoms with Crippen molar-refractivity contribution in [3.05, 3.63) is 29.8 Å². The van der Waals surface area contributed by atoms with Crippen LogP contribution < -0.4 is 10.5 Å². The van der Waals surface area contributed by atoms with Crippen molar-refractivity contribution in [2.24, 2.45) is 5.73 Å². The molecule has 0 aromatic heterocycles. The van der Waals surface area contributed by atoms with Crippen molar-refractivity contribution in [3.63, 3.8) is 0 Å². The van der Waals surface area contributed by atoms with Crippen LogP contribution in [0.3, 0.4) is 0 Å². The van der Waals surface area contributed by atoms with Gasteiger partial charge >= 0.3 is 0 Å². The van der Waals surface area contributed by atoms with Crippen molar-refractivity contribution in [3.8, 4) is 5.75 Å². The summed E-state index contributed by atoms with van der Waals surface area (Å²) >= 11 is 0. The van der Waals surface area contributed by atoms with Crippen LogP contribution in [0.25, 0.3) is 0 Å². The second-order valence-corrected chi connectivity index (χ2v) is 7.45. The lowest BCUT2D eigenvalue weighted by atomic mass is 10.1. The molecule has 0 aliphatic carbocycles. The normalized spacial score (nSPS) is 16.5. The summed E-state index contributed by atoms with van der Waals surface area (Å²) in [4.78, 5) is 5.11. The van der Waals surface area contributed by atoms with Crippen LogP contribution in [0.15, 0.2) is 24.3 Å². The Morgan fingerprint density at radius 1 is 0.920 bits per heavy atom. The summed E-state index contributed by atoms with van der Waals surface area (Å²) in [5.41, 5.74) is 6.89. The topological polar surface area (TPSA) is 41.7 Å². The molecule has 1 aliphatic rings. The lowest BCUT2D eigenvalue weighted by Gasteiger charge is -2.36. The van der Waals surface area contributed by atoms with Crippen molar-refractivity contribution in [1.29, 1.82) is 0 Å². The van der Waals surface area contributed by atoms with E-state index in [0.717, 1.165) is 38.3 Å². The molecule has 142 valence electrons. The second kappa shape index (κ2) is 11.5. The minimum Gasteiger partial charge on any atom is -0.494 e. The summed E-state index contributed by atoms with van der Waals surface area (Å²) in [6, 6.07) is 9.33. The van der Waals surface area contributed by atoms with E-state index in [1.807, 2.05) is 0 Å². The standard InChI is InChI=1S/C21H37N3O/c1-19(2)24-15-13-23(14-16-24)18-20-8-10-21(11-9-20)25-17-7-5-3-4-6-12-22/h8-11,19H,3-7,12-18,22H2,1-2H3. The number of benzene rings is 1. The van der Waals surface area contributed by atoms with E-state index in [2.05, 4.69) is 47.9 Å². The molecule has 4 heteroatoms. The fourth-order valence-electron chi connectivity index (χ4n) is 3.35. The molecular formula is C21H37N3O. The van der Waals surface area contributed by atoms with Crippen LogP contribution in [0.5, 0.6) is 5.75 Å². The predicted molar refractivity (Wildman–Crippen MR) is 106 cm³/mol. The van der Waals surface area contributed by atoms with E-state index in [1.54, 1.807) is 0 Å². The van der Waals surface area contributed by atoms with E-state index in [-0.39, 0.29) is 0 Å². The highest BCUT2D eigenvalue weighted by Gasteiger charge is 2.18. The van der Waals surface area contributed by atoms with Crippen LogP contribution in [0.4, 0.5) is 0 Å². The Balaban J connectivity index is 1.61. The van der Waals surface area contributed by atoms with Gasteiger partial charge in [0.1, 0.15) is 5.75 Å². The maximum atomic E-state index is 5.85. The molecule has 0 saturated carbocycles. The molecule has 1 heterocycles. The van der Waals surface area contributed by atoms with Crippen LogP contribution in [0.2, 0.25) is 0 Å². The highest BCUT2D eigenvalue weighted by Crippen LogP contribution is 2.16. The number of ether oxygens (including phenoxy) is 1. The van der Waals surface area contributed by atoms with E-state index >= 15 is 0 Å². The largest absolute Gasteiger partial charge is 0.494 e. The first-order valence-electron chi connectivity index (χ1n) is 10.1. The summed E-state index contributed by atoms with van der Waals surface area (Å²) < 4.78 is 5.85. The van der Waals surface area contributed by atoms with E-state index in [9.17, 15) is 0 Å². The molecule has 0 unspecified atom stereocenters. The molecule has 1 aliphatic heterocycles. The fourth-order valence-corrected chi connectivity index (χ4v) is 3.35. The summed E-state index contributed by atoms with van der Waals surface area (Å²) in [6.07, 6.45) is 6.03. The van der Waals surface area contributed by atoms with Gasteiger partial charge in [-0.25, -0.2) is 0 Å². The van der Waals surface area contributed by atoms with Crippen LogP contribution in [0.1, 0.15) is 51.5 Å². The Bertz CT molecular complexity index is 453. The molecule has 2 rings (SSSR count). The lowest BCUT2D eigenvalue weighted by Crippen LogP contribution is -2.48. The SMILES string of the molecule is CC(C)N1CCN(Cc2ccc(OCCCCCCCN)cc2)CC1. The number of piperazine rings is 1. The van der Waals surface area contributed by atoms with Crippen molar-refractivity contribution < 1.29 is 4.74 Å². The number of nitrogens with zero attached hydrogens (tertiary/aromatic N) is 2. The average Bonchev–Trinajstić information content (AvgIpc) is 2.63. The van der Waals surface area contributed by atoms with Gasteiger partial charge in [-0.3, -0.25) is 9.80 Å². The van der Waals surface area contributed by atoms with Crippen molar-refractivity contribution in [2.45, 2.75) is 58.5 Å². The first-order valence-corrected chi connectivity index (χ1v) is 10.1. The molecular weight excluding hydrogens is 310 g/mol. The quantitative estimate of drug-likeness (QED) is 0.622. The second-order valence-electron chi connectivity index (χ2n) is 7.45. The number of rotatable bonds is 11. The van der Waals surface area contributed by atoms with Gasteiger partial charge in [0.05, 0.1) is 6.61 Å². The van der Waals surface area contributed by atoms with Gasteiger partial charge in [-0.2, -0.15) is 0 Å². The Morgan fingerprint density at radius 3 is 2.20 bits per heavy atom. The zero-order valence-electron chi connectivity index (χ0n) is 16.3. The molecule has 25 heavy (non-hydrogen) atoms. The third-order valence-corrected chi connectivity index (χ3v) is 5.08. The average molecular weight is 348 g/mol. The van der Waals surface area contributed by atoms with E-state index < -0.39 is 0 Å². The highest BCUT2D eigenvalue weighted by molar-refractivity contribution is 5.27. The van der Waals surface area contributed by atoms with E-state index in [0.29, 0.717) is 6.04 Å². The number of unbranched alkanes of at least 4 members (excludes halogenated alkanes) is 4. The molecule has 1 aromatic rings. The van der Waals surface area contributed by atoms with Gasteiger partial charge in [-0.05, 0) is 50.9 Å². The van der Waals surface area contributed by atoms with E-state index in [1.165, 1.54) is 51.0 Å². The smallest absolute Gasteiger partial charge is 0.119 e. The molecule has 0 spiro atoms. The Hall–Kier alpha value is -1.10. The van der Waals surface area contributed by atoms with Gasteiger partial charge in [0.25, 0.3) is 0 Å². The minimum absolute atomic E-state index is 0.666. The maximum Gasteiger partial charge on any atom is 0.119 e. The molecule has 4 nitrogen and oxygen atoms in total. The number of hydrogen-bond acceptors (Lipinski definition) is 4. The first-order chi connectivity index (χ1) is 12.2. The number of nitrogens with two attached hydrogens (primary N) is 1. The van der Waals surface area contributed by atoms with Crippen molar-refractivity contribution in [1.82, 2.24) is 9.80 Å². The molecule has 0 atom stereocenters. The predicted octanol–water partition coefficient (Wildman–Crippen LogP) is 3.50. The Labute approximate surface area is 154 Å². The third-order valence-electron chi connectivity index (χ3n) is 5.08. The molecule has 1 saturated heterocycles. The van der Waals surface area contributed by atoms with Crippen LogP contribution in [0, 0.1) is 0 Å². The van der Waals surface area contributed by atoms with Gasteiger partial charge in [-0.15, -0.1) is 0 Å². The Morgan fingerprint density at radius 2 is 1.56 bits per heavy atom. The van der Waals surface area contributed by atoms with Crippen LogP contribution in [-0.2, 0) is 6.54 Å². The minimum atomic E-state index is 0.666. The summed E-state index contributed by atoms with van der Waals surface area (Å²) in [5, 5.41) is 0. The monoisotopic (exact) mass is 347 g/mol. The zero-order chi connectivity index (χ0) is 17.9. The van der Waals surface area contributed by atoms with Gasteiger partial charge in [0.15, 0.2) is 0 Å². The van der Waals surface area contributed by atoms with E-state index in [4.69, 9.17) is 10.5 Å². The van der Waals surface area contributed by atoms with Gasteiger partial charge in [-0.1, -0.05) is 31.4 Å². The molecule has 0 bridgehead atoms. The zero-order valence-corrected chi connectivity index (χ0v) is 16.3. The third kappa shape index (κ3) is 7.76. The molecule has 1 aromatic carbocycles. The van der Waals surface area contributed by atoms with Gasteiger partial charge in [0.2, 0.25) is 0 Å². The Kier molecular flexibility index (Phi) is 9.30. The molecule has 0 amide bonds. The summed E-state index contributed by atoms with van der Waals surface area (Å²) in [6.45, 7) is 12.0. The molecule has 0 radical (unpaired) electrons. The van der Waals surface area contributed by atoms with Gasteiger partial charge < -0.3 is 10.5 Å². The first kappa shape index (κ1) is 20.2. The van der Waals surface area contributed by atoms with Crippen LogP contribution >= 0.6 is 0 Å². The fraction of sp³-hybridized carbons (Fsp3) is 0.714. The summed E-state index contributed by atoms with van der Waals surface area (Å²) in [5.74, 6) is 0.996. The molecule has 2 N–H and O–H groups in total. The van der Waals surface area contributed by atoms with Crippen LogP contribution in [-0.4, -0.2) is 55.2 Å². The number of hydrogen-bond donors (Lipinski definition) is 1. The maximum absolute atomic E-state index is 5.85. The van der Waals surface area contributed by atoms with Crippen molar-refractivity contribution >= 4 is 0 Å². The van der Waals surface area contributed by atoms with Crippen molar-refractivity contribution in [2.75, 3.05) is 39.3 Å². The molecule has 1 fully saturated rings. The summed E-state index contributed by atoms with van der Waals surface area (Å²) in [7, 11) is 0. The lowest BCUT2D eigenvalue weighted by molar-refractivity contribution is 0.104. The van der Waals surface area contributed by atoms with Gasteiger partial charge in [0, 0.05) is 38.8 Å².